The molecule has 28 heavy (non-hydrogen) atoms. The smallest absolute Gasteiger partial charge is 0.191 e. The third kappa shape index (κ3) is 6.43. The largest absolute Gasteiger partial charge is 0.489 e. The van der Waals surface area contributed by atoms with Crippen molar-refractivity contribution in [1.29, 1.82) is 0 Å². The molecule has 2 aromatic carbocycles. The van der Waals surface area contributed by atoms with Gasteiger partial charge in [0.15, 0.2) is 5.96 Å². The predicted octanol–water partition coefficient (Wildman–Crippen LogP) is 3.57. The van der Waals surface area contributed by atoms with Gasteiger partial charge in [-0.3, -0.25) is 9.98 Å². The molecule has 0 radical (unpaired) electrons. The molecule has 0 saturated heterocycles. The van der Waals surface area contributed by atoms with Crippen LogP contribution in [0.4, 0.5) is 0 Å². The summed E-state index contributed by atoms with van der Waals surface area (Å²) in [7, 11) is 1.77. The monoisotopic (exact) mass is 374 g/mol. The topological polar surface area (TPSA) is 58.5 Å². The van der Waals surface area contributed by atoms with Crippen LogP contribution < -0.4 is 15.4 Å². The summed E-state index contributed by atoms with van der Waals surface area (Å²) in [6.45, 7) is 2.05. The summed E-state index contributed by atoms with van der Waals surface area (Å²) < 4.78 is 5.83. The molecule has 0 aliphatic rings. The van der Waals surface area contributed by atoms with Crippen molar-refractivity contribution in [2.24, 2.45) is 4.99 Å². The maximum absolute atomic E-state index is 5.83. The van der Waals surface area contributed by atoms with Crippen molar-refractivity contribution < 1.29 is 4.74 Å². The van der Waals surface area contributed by atoms with Crippen LogP contribution in [-0.4, -0.2) is 24.5 Å². The van der Waals surface area contributed by atoms with E-state index in [4.69, 9.17) is 4.74 Å². The Kier molecular flexibility index (Phi) is 7.44. The van der Waals surface area contributed by atoms with E-state index in [1.807, 2.05) is 54.7 Å². The molecule has 0 bridgehead atoms. The van der Waals surface area contributed by atoms with Crippen LogP contribution in [0.1, 0.15) is 16.8 Å². The normalized spacial score (nSPS) is 11.1. The van der Waals surface area contributed by atoms with Crippen molar-refractivity contribution in [2.75, 3.05) is 13.6 Å². The molecule has 0 unspecified atom stereocenters. The number of ether oxygens (including phenoxy) is 1. The fraction of sp³-hybridized carbons (Fsp3) is 0.217. The lowest BCUT2D eigenvalue weighted by Gasteiger charge is -2.12. The first-order valence-electron chi connectivity index (χ1n) is 9.43. The summed E-state index contributed by atoms with van der Waals surface area (Å²) in [4.78, 5) is 8.59. The molecular weight excluding hydrogens is 348 g/mol. The van der Waals surface area contributed by atoms with Crippen LogP contribution in [0.15, 0.2) is 84.0 Å². The van der Waals surface area contributed by atoms with E-state index in [2.05, 4.69) is 44.9 Å². The lowest BCUT2D eigenvalue weighted by molar-refractivity contribution is 0.306. The third-order valence-electron chi connectivity index (χ3n) is 4.25. The average Bonchev–Trinajstić information content (AvgIpc) is 2.77. The van der Waals surface area contributed by atoms with Crippen LogP contribution in [0.3, 0.4) is 0 Å². The maximum atomic E-state index is 5.83. The number of aliphatic imine (C=N–C) groups is 1. The third-order valence-corrected chi connectivity index (χ3v) is 4.25. The number of hydrogen-bond acceptors (Lipinski definition) is 3. The zero-order valence-corrected chi connectivity index (χ0v) is 16.1. The van der Waals surface area contributed by atoms with E-state index in [0.717, 1.165) is 35.9 Å². The molecule has 0 spiro atoms. The molecule has 2 N–H and O–H groups in total. The fourth-order valence-corrected chi connectivity index (χ4v) is 2.71. The van der Waals surface area contributed by atoms with Crippen molar-refractivity contribution in [3.05, 3.63) is 95.8 Å². The van der Waals surface area contributed by atoms with Gasteiger partial charge in [-0.15, -0.1) is 0 Å². The molecule has 144 valence electrons. The van der Waals surface area contributed by atoms with Crippen molar-refractivity contribution in [1.82, 2.24) is 15.6 Å². The lowest BCUT2D eigenvalue weighted by Crippen LogP contribution is -2.37. The molecule has 0 atom stereocenters. The molecule has 0 aliphatic heterocycles. The van der Waals surface area contributed by atoms with Gasteiger partial charge in [0.25, 0.3) is 0 Å². The molecule has 5 nitrogen and oxygen atoms in total. The Morgan fingerprint density at radius 1 is 0.893 bits per heavy atom. The number of nitrogens with zero attached hydrogens (tertiary/aromatic N) is 2. The summed E-state index contributed by atoms with van der Waals surface area (Å²) in [6, 6.07) is 24.2. The van der Waals surface area contributed by atoms with Crippen LogP contribution in [0.2, 0.25) is 0 Å². The van der Waals surface area contributed by atoms with E-state index in [9.17, 15) is 0 Å². The van der Waals surface area contributed by atoms with Gasteiger partial charge in [0.2, 0.25) is 0 Å². The van der Waals surface area contributed by atoms with Gasteiger partial charge in [0, 0.05) is 38.4 Å². The van der Waals surface area contributed by atoms with Crippen molar-refractivity contribution in [2.45, 2.75) is 19.6 Å². The number of guanidine groups is 1. The van der Waals surface area contributed by atoms with Crippen LogP contribution in [0, 0.1) is 0 Å². The Morgan fingerprint density at radius 3 is 2.39 bits per heavy atom. The van der Waals surface area contributed by atoms with Gasteiger partial charge >= 0.3 is 0 Å². The average molecular weight is 374 g/mol. The SMILES string of the molecule is CN=C(NCCc1ccccn1)NCc1ccc(OCc2ccccc2)cc1. The van der Waals surface area contributed by atoms with Gasteiger partial charge in [-0.2, -0.15) is 0 Å². The number of hydrogen-bond donors (Lipinski definition) is 2. The van der Waals surface area contributed by atoms with E-state index in [0.29, 0.717) is 13.2 Å². The fourth-order valence-electron chi connectivity index (χ4n) is 2.71. The van der Waals surface area contributed by atoms with Crippen LogP contribution in [-0.2, 0) is 19.6 Å². The Bertz CT molecular complexity index is 849. The van der Waals surface area contributed by atoms with Crippen molar-refractivity contribution >= 4 is 5.96 Å². The van der Waals surface area contributed by atoms with Crippen LogP contribution >= 0.6 is 0 Å². The Morgan fingerprint density at radius 2 is 1.68 bits per heavy atom. The number of rotatable bonds is 8. The Balaban J connectivity index is 1.40. The first-order valence-corrected chi connectivity index (χ1v) is 9.43. The summed E-state index contributed by atoms with van der Waals surface area (Å²) >= 11 is 0. The molecule has 0 saturated carbocycles. The van der Waals surface area contributed by atoms with Gasteiger partial charge in [0.05, 0.1) is 0 Å². The van der Waals surface area contributed by atoms with Crippen LogP contribution in [0.25, 0.3) is 0 Å². The minimum atomic E-state index is 0.575. The minimum absolute atomic E-state index is 0.575. The maximum Gasteiger partial charge on any atom is 0.191 e. The molecule has 3 rings (SSSR count). The number of benzene rings is 2. The second-order valence-electron chi connectivity index (χ2n) is 6.34. The number of nitrogens with one attached hydrogen (secondary N) is 2. The zero-order chi connectivity index (χ0) is 19.4. The molecule has 1 aromatic heterocycles. The van der Waals surface area contributed by atoms with Gasteiger partial charge in [-0.05, 0) is 35.4 Å². The van der Waals surface area contributed by atoms with E-state index in [-0.39, 0.29) is 0 Å². The molecule has 0 fully saturated rings. The van der Waals surface area contributed by atoms with Crippen LogP contribution in [0.5, 0.6) is 5.75 Å². The quantitative estimate of drug-likeness (QED) is 0.467. The highest BCUT2D eigenvalue weighted by Crippen LogP contribution is 2.14. The summed E-state index contributed by atoms with van der Waals surface area (Å²) in [5.74, 6) is 1.64. The summed E-state index contributed by atoms with van der Waals surface area (Å²) in [5.41, 5.74) is 3.39. The van der Waals surface area contributed by atoms with Gasteiger partial charge < -0.3 is 15.4 Å². The Labute approximate surface area is 166 Å². The van der Waals surface area contributed by atoms with Gasteiger partial charge in [-0.25, -0.2) is 0 Å². The highest BCUT2D eigenvalue weighted by molar-refractivity contribution is 5.79. The van der Waals surface area contributed by atoms with E-state index >= 15 is 0 Å². The van der Waals surface area contributed by atoms with E-state index in [1.54, 1.807) is 7.05 Å². The zero-order valence-electron chi connectivity index (χ0n) is 16.1. The van der Waals surface area contributed by atoms with Gasteiger partial charge in [-0.1, -0.05) is 48.5 Å². The molecular formula is C23H26N4O. The minimum Gasteiger partial charge on any atom is -0.489 e. The summed E-state index contributed by atoms with van der Waals surface area (Å²) in [5, 5.41) is 6.64. The van der Waals surface area contributed by atoms with Crippen molar-refractivity contribution in [3.8, 4) is 5.75 Å². The number of aromatic nitrogens is 1. The molecule has 3 aromatic rings. The number of pyridine rings is 1. The standard InChI is InChI=1S/C23H26N4O/c1-24-23(26-16-14-21-9-5-6-15-25-21)27-17-19-10-12-22(13-11-19)28-18-20-7-3-2-4-8-20/h2-13,15H,14,16-18H2,1H3,(H2,24,26,27). The molecule has 1 heterocycles. The first kappa shape index (κ1) is 19.4. The molecule has 0 amide bonds. The second kappa shape index (κ2) is 10.7. The highest BCUT2D eigenvalue weighted by Gasteiger charge is 2.01. The molecule has 0 aliphatic carbocycles. The Hall–Kier alpha value is -3.34. The summed E-state index contributed by atoms with van der Waals surface area (Å²) in [6.07, 6.45) is 2.67. The first-order chi connectivity index (χ1) is 13.8. The van der Waals surface area contributed by atoms with Crippen molar-refractivity contribution in [3.63, 3.8) is 0 Å². The second-order valence-corrected chi connectivity index (χ2v) is 6.34. The van der Waals surface area contributed by atoms with E-state index < -0.39 is 0 Å². The lowest BCUT2D eigenvalue weighted by atomic mass is 10.2. The highest BCUT2D eigenvalue weighted by atomic mass is 16.5. The van der Waals surface area contributed by atoms with E-state index in [1.165, 1.54) is 5.56 Å². The predicted molar refractivity (Wildman–Crippen MR) is 113 cm³/mol. The van der Waals surface area contributed by atoms with Gasteiger partial charge in [0.1, 0.15) is 12.4 Å². The molecule has 5 heteroatoms.